The second kappa shape index (κ2) is 8.53. The summed E-state index contributed by atoms with van der Waals surface area (Å²) in [7, 11) is 0. The fraction of sp³-hybridized carbons (Fsp3) is 0.357. The van der Waals surface area contributed by atoms with E-state index in [-0.39, 0.29) is 12.5 Å². The number of nitrogens with one attached hydrogen (secondary N) is 1. The van der Waals surface area contributed by atoms with Gasteiger partial charge in [0.1, 0.15) is 0 Å². The third-order valence-electron chi connectivity index (χ3n) is 2.27. The molecule has 0 aliphatic heterocycles. The van der Waals surface area contributed by atoms with E-state index in [0.717, 1.165) is 12.8 Å². The molecule has 0 aliphatic carbocycles. The van der Waals surface area contributed by atoms with E-state index in [4.69, 9.17) is 4.74 Å². The van der Waals surface area contributed by atoms with E-state index in [0.29, 0.717) is 13.2 Å². The lowest BCUT2D eigenvalue weighted by Gasteiger charge is -2.05. The molecule has 1 N–H and O–H groups in total. The molecule has 0 saturated heterocycles. The van der Waals surface area contributed by atoms with Gasteiger partial charge in [-0.15, -0.1) is 6.58 Å². The summed E-state index contributed by atoms with van der Waals surface area (Å²) in [6.07, 6.45) is 3.51. The first kappa shape index (κ1) is 13.5. The molecule has 17 heavy (non-hydrogen) atoms. The monoisotopic (exact) mass is 233 g/mol. The number of hydrogen-bond donors (Lipinski definition) is 1. The molecule has 0 amide bonds. The van der Waals surface area contributed by atoms with Crippen molar-refractivity contribution in [1.29, 1.82) is 0 Å². The summed E-state index contributed by atoms with van der Waals surface area (Å²) in [4.78, 5) is 11.2. The van der Waals surface area contributed by atoms with E-state index in [9.17, 15) is 4.79 Å². The van der Waals surface area contributed by atoms with Gasteiger partial charge in [-0.3, -0.25) is 4.79 Å². The highest BCUT2D eigenvalue weighted by molar-refractivity contribution is 5.71. The zero-order valence-electron chi connectivity index (χ0n) is 10.0. The van der Waals surface area contributed by atoms with Gasteiger partial charge in [-0.2, -0.15) is 0 Å². The molecule has 0 fully saturated rings. The Kier molecular flexibility index (Phi) is 6.75. The molecule has 3 nitrogen and oxygen atoms in total. The Morgan fingerprint density at radius 2 is 2.12 bits per heavy atom. The lowest BCUT2D eigenvalue weighted by Crippen LogP contribution is -2.25. The van der Waals surface area contributed by atoms with Crippen LogP contribution in [0.4, 0.5) is 0 Å². The molecule has 0 atom stereocenters. The highest BCUT2D eigenvalue weighted by atomic mass is 16.5. The normalized spacial score (nSPS) is 9.88. The van der Waals surface area contributed by atoms with Crippen molar-refractivity contribution in [2.24, 2.45) is 0 Å². The molecule has 1 aromatic carbocycles. The van der Waals surface area contributed by atoms with Crippen molar-refractivity contribution < 1.29 is 9.53 Å². The minimum atomic E-state index is -0.208. The highest BCUT2D eigenvalue weighted by Crippen LogP contribution is 2.02. The largest absolute Gasteiger partial charge is 0.465 e. The number of ether oxygens (including phenoxy) is 1. The van der Waals surface area contributed by atoms with Crippen molar-refractivity contribution in [2.75, 3.05) is 19.7 Å². The van der Waals surface area contributed by atoms with Crippen LogP contribution < -0.4 is 5.32 Å². The molecule has 3 heteroatoms. The Morgan fingerprint density at radius 1 is 1.35 bits per heavy atom. The van der Waals surface area contributed by atoms with Crippen LogP contribution in [-0.4, -0.2) is 25.7 Å². The highest BCUT2D eigenvalue weighted by Gasteiger charge is 2.00. The molecule has 1 aromatic rings. The molecule has 0 spiro atoms. The molecule has 1 rings (SSSR count). The van der Waals surface area contributed by atoms with Crippen molar-refractivity contribution in [3.05, 3.63) is 48.6 Å². The number of benzene rings is 1. The summed E-state index contributed by atoms with van der Waals surface area (Å²) in [6, 6.07) is 10.2. The van der Waals surface area contributed by atoms with Crippen molar-refractivity contribution in [3.63, 3.8) is 0 Å². The summed E-state index contributed by atoms with van der Waals surface area (Å²) in [5.74, 6) is -0.208. The topological polar surface area (TPSA) is 38.3 Å². The fourth-order valence-corrected chi connectivity index (χ4v) is 1.43. The maximum atomic E-state index is 11.2. The van der Waals surface area contributed by atoms with E-state index >= 15 is 0 Å². The number of carbonyl (C=O) groups is 1. The van der Waals surface area contributed by atoms with E-state index in [1.807, 2.05) is 18.2 Å². The Balaban J connectivity index is 2.04. The molecule has 0 bridgehead atoms. The molecule has 0 aliphatic rings. The SMILES string of the molecule is C=CCNCC(=O)OCCCc1ccccc1. The number of carbonyl (C=O) groups excluding carboxylic acids is 1. The van der Waals surface area contributed by atoms with Gasteiger partial charge in [0.15, 0.2) is 0 Å². The number of esters is 1. The molecule has 0 unspecified atom stereocenters. The second-order valence-electron chi connectivity index (χ2n) is 3.73. The van der Waals surface area contributed by atoms with Gasteiger partial charge < -0.3 is 10.1 Å². The predicted molar refractivity (Wildman–Crippen MR) is 68.8 cm³/mol. The van der Waals surface area contributed by atoms with Gasteiger partial charge in [0, 0.05) is 6.54 Å². The van der Waals surface area contributed by atoms with Crippen LogP contribution in [0.15, 0.2) is 43.0 Å². The van der Waals surface area contributed by atoms with Gasteiger partial charge >= 0.3 is 5.97 Å². The zero-order chi connectivity index (χ0) is 12.3. The van der Waals surface area contributed by atoms with Gasteiger partial charge in [0.25, 0.3) is 0 Å². The molecule has 0 heterocycles. The molecular formula is C14H19NO2. The molecular weight excluding hydrogens is 214 g/mol. The van der Waals surface area contributed by atoms with Crippen molar-refractivity contribution in [3.8, 4) is 0 Å². The Bertz CT molecular complexity index is 335. The van der Waals surface area contributed by atoms with Crippen LogP contribution in [0.25, 0.3) is 0 Å². The van der Waals surface area contributed by atoms with Crippen molar-refractivity contribution >= 4 is 5.97 Å². The number of rotatable bonds is 8. The summed E-state index contributed by atoms with van der Waals surface area (Å²) >= 11 is 0. The van der Waals surface area contributed by atoms with Gasteiger partial charge in [-0.1, -0.05) is 36.4 Å². The summed E-state index contributed by atoms with van der Waals surface area (Å²) in [5.41, 5.74) is 1.27. The first-order valence-electron chi connectivity index (χ1n) is 5.84. The van der Waals surface area contributed by atoms with Crippen molar-refractivity contribution in [2.45, 2.75) is 12.8 Å². The van der Waals surface area contributed by atoms with Crippen LogP contribution >= 0.6 is 0 Å². The Hall–Kier alpha value is -1.61. The van der Waals surface area contributed by atoms with E-state index in [1.54, 1.807) is 6.08 Å². The number of hydrogen-bond acceptors (Lipinski definition) is 3. The van der Waals surface area contributed by atoms with Gasteiger partial charge in [0.2, 0.25) is 0 Å². The Morgan fingerprint density at radius 3 is 2.82 bits per heavy atom. The predicted octanol–water partition coefficient (Wildman–Crippen LogP) is 1.94. The van der Waals surface area contributed by atoms with Gasteiger partial charge in [-0.05, 0) is 18.4 Å². The fourth-order valence-electron chi connectivity index (χ4n) is 1.43. The van der Waals surface area contributed by atoms with E-state index in [2.05, 4.69) is 24.0 Å². The van der Waals surface area contributed by atoms with Crippen LogP contribution in [0.5, 0.6) is 0 Å². The summed E-state index contributed by atoms with van der Waals surface area (Å²) < 4.78 is 5.07. The van der Waals surface area contributed by atoms with Gasteiger partial charge in [-0.25, -0.2) is 0 Å². The van der Waals surface area contributed by atoms with Crippen LogP contribution in [0.3, 0.4) is 0 Å². The smallest absolute Gasteiger partial charge is 0.319 e. The van der Waals surface area contributed by atoms with Crippen LogP contribution in [-0.2, 0) is 16.0 Å². The number of aryl methyl sites for hydroxylation is 1. The maximum absolute atomic E-state index is 11.2. The lowest BCUT2D eigenvalue weighted by molar-refractivity contribution is -0.142. The quantitative estimate of drug-likeness (QED) is 0.423. The summed E-state index contributed by atoms with van der Waals surface area (Å²) in [5, 5.41) is 2.90. The molecule has 0 saturated carbocycles. The summed E-state index contributed by atoms with van der Waals surface area (Å²) in [6.45, 7) is 4.90. The van der Waals surface area contributed by atoms with Crippen molar-refractivity contribution in [1.82, 2.24) is 5.32 Å². The maximum Gasteiger partial charge on any atom is 0.319 e. The zero-order valence-corrected chi connectivity index (χ0v) is 10.0. The molecule has 0 radical (unpaired) electrons. The van der Waals surface area contributed by atoms with Gasteiger partial charge in [0.05, 0.1) is 13.2 Å². The minimum Gasteiger partial charge on any atom is -0.465 e. The third kappa shape index (κ3) is 6.53. The van der Waals surface area contributed by atoms with Crippen LogP contribution in [0.1, 0.15) is 12.0 Å². The Labute approximate surface area is 102 Å². The molecule has 0 aromatic heterocycles. The minimum absolute atomic E-state index is 0.208. The van der Waals surface area contributed by atoms with Crippen LogP contribution in [0.2, 0.25) is 0 Å². The lowest BCUT2D eigenvalue weighted by atomic mass is 10.1. The second-order valence-corrected chi connectivity index (χ2v) is 3.73. The standard InChI is InChI=1S/C14H19NO2/c1-2-10-15-12-14(16)17-11-6-9-13-7-4-3-5-8-13/h2-5,7-8,15H,1,6,9-12H2. The average Bonchev–Trinajstić information content (AvgIpc) is 2.36. The van der Waals surface area contributed by atoms with E-state index in [1.165, 1.54) is 5.56 Å². The average molecular weight is 233 g/mol. The third-order valence-corrected chi connectivity index (χ3v) is 2.27. The molecule has 92 valence electrons. The van der Waals surface area contributed by atoms with E-state index < -0.39 is 0 Å². The first-order valence-corrected chi connectivity index (χ1v) is 5.84. The first-order chi connectivity index (χ1) is 8.33. The van der Waals surface area contributed by atoms with Crippen LogP contribution in [0, 0.1) is 0 Å².